The molecule has 16 heavy (non-hydrogen) atoms. The number of hydrogen-bond acceptors (Lipinski definition) is 4. The number of esters is 1. The lowest BCUT2D eigenvalue weighted by molar-refractivity contribution is -0.151. The van der Waals surface area contributed by atoms with E-state index in [1.54, 1.807) is 11.8 Å². The predicted octanol–water partition coefficient (Wildman–Crippen LogP) is 2.43. The van der Waals surface area contributed by atoms with E-state index in [9.17, 15) is 9.59 Å². The SMILES string of the molecule is CC1C(=O)CCC1SCC(=O)OC(C)(C)C. The summed E-state index contributed by atoms with van der Waals surface area (Å²) in [4.78, 5) is 22.8. The van der Waals surface area contributed by atoms with Gasteiger partial charge in [-0.3, -0.25) is 9.59 Å². The molecule has 0 aromatic carbocycles. The molecule has 0 amide bonds. The molecule has 0 aromatic rings. The summed E-state index contributed by atoms with van der Waals surface area (Å²) in [5.41, 5.74) is -0.422. The zero-order valence-electron chi connectivity index (χ0n) is 10.4. The summed E-state index contributed by atoms with van der Waals surface area (Å²) in [6.45, 7) is 7.52. The number of ketones is 1. The number of thioether (sulfide) groups is 1. The summed E-state index contributed by atoms with van der Waals surface area (Å²) in [7, 11) is 0. The average Bonchev–Trinajstić information content (AvgIpc) is 2.42. The number of carbonyl (C=O) groups is 2. The molecule has 0 aliphatic heterocycles. The van der Waals surface area contributed by atoms with Crippen LogP contribution in [0.2, 0.25) is 0 Å². The number of rotatable bonds is 3. The van der Waals surface area contributed by atoms with E-state index in [0.717, 1.165) is 6.42 Å². The molecule has 1 aliphatic rings. The molecular formula is C12H20O3S. The van der Waals surface area contributed by atoms with Crippen molar-refractivity contribution < 1.29 is 14.3 Å². The van der Waals surface area contributed by atoms with E-state index >= 15 is 0 Å². The van der Waals surface area contributed by atoms with Crippen LogP contribution in [0.3, 0.4) is 0 Å². The Kier molecular flexibility index (Phi) is 4.42. The first kappa shape index (κ1) is 13.6. The van der Waals surface area contributed by atoms with Crippen LogP contribution in [0.5, 0.6) is 0 Å². The van der Waals surface area contributed by atoms with Crippen LogP contribution in [0, 0.1) is 5.92 Å². The first-order chi connectivity index (χ1) is 7.29. The Morgan fingerprint density at radius 1 is 1.50 bits per heavy atom. The third kappa shape index (κ3) is 4.16. The normalized spacial score (nSPS) is 25.9. The van der Waals surface area contributed by atoms with Crippen molar-refractivity contribution in [3.05, 3.63) is 0 Å². The second-order valence-corrected chi connectivity index (χ2v) is 6.46. The average molecular weight is 244 g/mol. The van der Waals surface area contributed by atoms with Crippen molar-refractivity contribution in [3.63, 3.8) is 0 Å². The highest BCUT2D eigenvalue weighted by Gasteiger charge is 2.31. The van der Waals surface area contributed by atoms with Crippen molar-refractivity contribution in [2.75, 3.05) is 5.75 Å². The Bertz CT molecular complexity index is 280. The molecule has 2 atom stereocenters. The summed E-state index contributed by atoms with van der Waals surface area (Å²) in [5.74, 6) is 0.567. The van der Waals surface area contributed by atoms with Gasteiger partial charge in [0.05, 0.1) is 5.75 Å². The summed E-state index contributed by atoms with van der Waals surface area (Å²) in [5, 5.41) is 0.292. The first-order valence-electron chi connectivity index (χ1n) is 5.66. The molecule has 92 valence electrons. The van der Waals surface area contributed by atoms with Gasteiger partial charge in [0.15, 0.2) is 0 Å². The Morgan fingerprint density at radius 3 is 2.56 bits per heavy atom. The summed E-state index contributed by atoms with van der Waals surface area (Å²) in [6, 6.07) is 0. The fourth-order valence-electron chi connectivity index (χ4n) is 1.74. The van der Waals surface area contributed by atoms with Crippen LogP contribution >= 0.6 is 11.8 Å². The van der Waals surface area contributed by atoms with Gasteiger partial charge in [0.25, 0.3) is 0 Å². The zero-order chi connectivity index (χ0) is 12.3. The van der Waals surface area contributed by atoms with Gasteiger partial charge in [-0.05, 0) is 27.2 Å². The lowest BCUT2D eigenvalue weighted by atomic mass is 10.1. The van der Waals surface area contributed by atoms with E-state index in [1.165, 1.54) is 0 Å². The molecule has 0 radical (unpaired) electrons. The quantitative estimate of drug-likeness (QED) is 0.715. The summed E-state index contributed by atoms with van der Waals surface area (Å²) in [6.07, 6.45) is 1.56. The molecule has 1 saturated carbocycles. The highest BCUT2D eigenvalue weighted by atomic mass is 32.2. The predicted molar refractivity (Wildman–Crippen MR) is 65.5 cm³/mol. The van der Waals surface area contributed by atoms with Gasteiger partial charge in [0.2, 0.25) is 0 Å². The van der Waals surface area contributed by atoms with Crippen molar-refractivity contribution in [2.45, 2.75) is 51.4 Å². The maximum Gasteiger partial charge on any atom is 0.316 e. The van der Waals surface area contributed by atoms with Gasteiger partial charge < -0.3 is 4.74 Å². The fraction of sp³-hybridized carbons (Fsp3) is 0.833. The van der Waals surface area contributed by atoms with Gasteiger partial charge in [-0.25, -0.2) is 0 Å². The van der Waals surface area contributed by atoms with E-state index < -0.39 is 5.60 Å². The molecule has 0 bridgehead atoms. The lowest BCUT2D eigenvalue weighted by Crippen LogP contribution is -2.26. The Morgan fingerprint density at radius 2 is 2.12 bits per heavy atom. The van der Waals surface area contributed by atoms with Crippen LogP contribution in [-0.4, -0.2) is 28.4 Å². The number of hydrogen-bond donors (Lipinski definition) is 0. The number of ether oxygens (including phenoxy) is 1. The Labute approximate surface area is 101 Å². The number of Topliss-reactive ketones (excluding diaryl/α,β-unsaturated/α-hetero) is 1. The Balaban J connectivity index is 2.30. The van der Waals surface area contributed by atoms with Crippen LogP contribution in [0.4, 0.5) is 0 Å². The topological polar surface area (TPSA) is 43.4 Å². The standard InChI is InChI=1S/C12H20O3S/c1-8-9(13)5-6-10(8)16-7-11(14)15-12(2,3)4/h8,10H,5-7H2,1-4H3. The minimum atomic E-state index is -0.422. The highest BCUT2D eigenvalue weighted by Crippen LogP contribution is 2.32. The third-order valence-electron chi connectivity index (χ3n) is 2.58. The van der Waals surface area contributed by atoms with E-state index in [-0.39, 0.29) is 11.9 Å². The molecule has 0 N–H and O–H groups in total. The largest absolute Gasteiger partial charge is 0.459 e. The van der Waals surface area contributed by atoms with E-state index in [2.05, 4.69) is 0 Å². The van der Waals surface area contributed by atoms with Gasteiger partial charge >= 0.3 is 5.97 Å². The van der Waals surface area contributed by atoms with Crippen molar-refractivity contribution in [3.8, 4) is 0 Å². The second kappa shape index (κ2) is 5.21. The van der Waals surface area contributed by atoms with Gasteiger partial charge in [0.1, 0.15) is 11.4 Å². The van der Waals surface area contributed by atoms with Crippen LogP contribution in [0.25, 0.3) is 0 Å². The van der Waals surface area contributed by atoms with Crippen LogP contribution in [0.1, 0.15) is 40.5 Å². The smallest absolute Gasteiger partial charge is 0.316 e. The summed E-state index contributed by atoms with van der Waals surface area (Å²) < 4.78 is 5.21. The van der Waals surface area contributed by atoms with Crippen molar-refractivity contribution in [1.29, 1.82) is 0 Å². The molecule has 2 unspecified atom stereocenters. The van der Waals surface area contributed by atoms with Crippen LogP contribution < -0.4 is 0 Å². The molecule has 0 spiro atoms. The van der Waals surface area contributed by atoms with Gasteiger partial charge in [-0.15, -0.1) is 11.8 Å². The molecule has 1 rings (SSSR count). The molecule has 1 aliphatic carbocycles. The maximum absolute atomic E-state index is 11.5. The Hall–Kier alpha value is -0.510. The fourth-order valence-corrected chi connectivity index (χ4v) is 2.88. The first-order valence-corrected chi connectivity index (χ1v) is 6.70. The minimum Gasteiger partial charge on any atom is -0.459 e. The maximum atomic E-state index is 11.5. The highest BCUT2D eigenvalue weighted by molar-refractivity contribution is 8.00. The van der Waals surface area contributed by atoms with Crippen molar-refractivity contribution in [1.82, 2.24) is 0 Å². The zero-order valence-corrected chi connectivity index (χ0v) is 11.2. The third-order valence-corrected chi connectivity index (χ3v) is 4.05. The van der Waals surface area contributed by atoms with Crippen molar-refractivity contribution in [2.24, 2.45) is 5.92 Å². The van der Waals surface area contributed by atoms with E-state index in [4.69, 9.17) is 4.74 Å². The molecule has 1 fully saturated rings. The molecule has 0 saturated heterocycles. The molecule has 0 aromatic heterocycles. The second-order valence-electron chi connectivity index (χ2n) is 5.23. The number of carbonyl (C=O) groups excluding carboxylic acids is 2. The minimum absolute atomic E-state index is 0.0902. The molecular weight excluding hydrogens is 224 g/mol. The molecule has 3 nitrogen and oxygen atoms in total. The molecule has 4 heteroatoms. The van der Waals surface area contributed by atoms with Crippen LogP contribution in [0.15, 0.2) is 0 Å². The van der Waals surface area contributed by atoms with Gasteiger partial charge in [-0.1, -0.05) is 6.92 Å². The van der Waals surface area contributed by atoms with Gasteiger partial charge in [-0.2, -0.15) is 0 Å². The monoisotopic (exact) mass is 244 g/mol. The van der Waals surface area contributed by atoms with E-state index in [1.807, 2.05) is 27.7 Å². The van der Waals surface area contributed by atoms with Crippen LogP contribution in [-0.2, 0) is 14.3 Å². The van der Waals surface area contributed by atoms with Gasteiger partial charge in [0, 0.05) is 17.6 Å². The van der Waals surface area contributed by atoms with E-state index in [0.29, 0.717) is 23.2 Å². The van der Waals surface area contributed by atoms with Crippen molar-refractivity contribution >= 4 is 23.5 Å². The molecule has 0 heterocycles. The lowest BCUT2D eigenvalue weighted by Gasteiger charge is -2.20. The summed E-state index contributed by atoms with van der Waals surface area (Å²) >= 11 is 1.55.